The zero-order valence-corrected chi connectivity index (χ0v) is 16.1. The number of nitrogens with zero attached hydrogens (tertiary/aromatic N) is 2. The van der Waals surface area contributed by atoms with Crippen molar-refractivity contribution in [3.8, 4) is 28.3 Å². The van der Waals surface area contributed by atoms with Crippen LogP contribution in [0.1, 0.15) is 5.56 Å². The summed E-state index contributed by atoms with van der Waals surface area (Å²) < 4.78 is 0. The number of amides is 1. The van der Waals surface area contributed by atoms with Crippen LogP contribution in [0.15, 0.2) is 85.1 Å². The average molecular weight is 396 g/mol. The molecule has 3 aromatic carbocycles. The zero-order chi connectivity index (χ0) is 20.9. The molecule has 4 N–H and O–H groups in total. The summed E-state index contributed by atoms with van der Waals surface area (Å²) >= 11 is 0. The van der Waals surface area contributed by atoms with E-state index in [1.54, 1.807) is 42.6 Å². The number of anilines is 2. The van der Waals surface area contributed by atoms with Gasteiger partial charge in [-0.15, -0.1) is 0 Å². The van der Waals surface area contributed by atoms with Gasteiger partial charge in [-0.25, -0.2) is 9.97 Å². The third-order valence-corrected chi connectivity index (χ3v) is 4.59. The van der Waals surface area contributed by atoms with Gasteiger partial charge in [0, 0.05) is 16.8 Å². The molecule has 0 saturated carbocycles. The molecule has 0 bridgehead atoms. The van der Waals surface area contributed by atoms with E-state index in [0.29, 0.717) is 22.9 Å². The van der Waals surface area contributed by atoms with E-state index in [4.69, 9.17) is 10.7 Å². The van der Waals surface area contributed by atoms with Gasteiger partial charge in [0.05, 0.1) is 18.3 Å². The van der Waals surface area contributed by atoms with Gasteiger partial charge in [-0.05, 0) is 42.0 Å². The Morgan fingerprint density at radius 1 is 0.900 bits per heavy atom. The maximum absolute atomic E-state index is 12.6. The molecule has 1 heterocycles. The number of hydrogen-bond donors (Lipinski definition) is 3. The second-order valence-electron chi connectivity index (χ2n) is 6.83. The van der Waals surface area contributed by atoms with Crippen molar-refractivity contribution >= 4 is 17.4 Å². The van der Waals surface area contributed by atoms with Crippen molar-refractivity contribution < 1.29 is 9.90 Å². The minimum Gasteiger partial charge on any atom is -0.508 e. The smallest absolute Gasteiger partial charge is 0.230 e. The van der Waals surface area contributed by atoms with Gasteiger partial charge in [0.15, 0.2) is 5.82 Å². The van der Waals surface area contributed by atoms with Crippen LogP contribution < -0.4 is 11.1 Å². The van der Waals surface area contributed by atoms with Crippen molar-refractivity contribution in [2.75, 3.05) is 11.1 Å². The van der Waals surface area contributed by atoms with Crippen molar-refractivity contribution in [2.45, 2.75) is 6.42 Å². The lowest BCUT2D eigenvalue weighted by atomic mass is 10.1. The fourth-order valence-electron chi connectivity index (χ4n) is 3.05. The third kappa shape index (κ3) is 4.44. The molecule has 1 amide bonds. The molecule has 0 aliphatic carbocycles. The molecule has 6 nitrogen and oxygen atoms in total. The predicted molar refractivity (Wildman–Crippen MR) is 118 cm³/mol. The Balaban J connectivity index is 1.69. The highest BCUT2D eigenvalue weighted by atomic mass is 16.3. The van der Waals surface area contributed by atoms with Crippen molar-refractivity contribution in [1.29, 1.82) is 0 Å². The molecule has 0 aliphatic rings. The number of benzene rings is 3. The summed E-state index contributed by atoms with van der Waals surface area (Å²) in [5.74, 6) is 0.327. The topological polar surface area (TPSA) is 101 Å². The molecule has 0 spiro atoms. The Morgan fingerprint density at radius 3 is 2.27 bits per heavy atom. The molecule has 148 valence electrons. The monoisotopic (exact) mass is 396 g/mol. The molecule has 0 saturated heterocycles. The van der Waals surface area contributed by atoms with Crippen LogP contribution in [0.4, 0.5) is 11.5 Å². The number of nitrogens with one attached hydrogen (secondary N) is 1. The number of aromatic hydroxyl groups is 1. The molecule has 0 fully saturated rings. The van der Waals surface area contributed by atoms with E-state index in [-0.39, 0.29) is 18.1 Å². The first-order chi connectivity index (χ1) is 14.6. The van der Waals surface area contributed by atoms with Gasteiger partial charge in [0.25, 0.3) is 0 Å². The van der Waals surface area contributed by atoms with Crippen molar-refractivity contribution in [3.63, 3.8) is 0 Å². The Hall–Kier alpha value is -4.19. The van der Waals surface area contributed by atoms with E-state index in [2.05, 4.69) is 10.3 Å². The highest BCUT2D eigenvalue weighted by Crippen LogP contribution is 2.29. The molecule has 0 aliphatic heterocycles. The molecule has 6 heteroatoms. The first kappa shape index (κ1) is 19.1. The second kappa shape index (κ2) is 8.45. The zero-order valence-electron chi connectivity index (χ0n) is 16.1. The summed E-state index contributed by atoms with van der Waals surface area (Å²) in [5, 5.41) is 12.5. The quantitative estimate of drug-likeness (QED) is 0.437. The largest absolute Gasteiger partial charge is 0.508 e. The minimum atomic E-state index is -0.184. The first-order valence-corrected chi connectivity index (χ1v) is 9.44. The second-order valence-corrected chi connectivity index (χ2v) is 6.83. The molecule has 0 unspecified atom stereocenters. The van der Waals surface area contributed by atoms with E-state index in [1.807, 2.05) is 42.5 Å². The highest BCUT2D eigenvalue weighted by molar-refractivity contribution is 5.94. The van der Waals surface area contributed by atoms with Gasteiger partial charge >= 0.3 is 0 Å². The standard InChI is InChI=1S/C24H20N4O2/c25-19-10-6-17(7-11-19)21-15-26-24(23(27-21)18-8-12-20(29)13-9-18)28-22(30)14-16-4-2-1-3-5-16/h1-13,15,29H,14,25H2,(H,26,28,30). The molecule has 0 atom stereocenters. The number of phenols is 1. The number of nitrogens with two attached hydrogens (primary N) is 1. The maximum atomic E-state index is 12.6. The Kier molecular flexibility index (Phi) is 5.39. The van der Waals surface area contributed by atoms with Gasteiger partial charge in [0.1, 0.15) is 11.4 Å². The first-order valence-electron chi connectivity index (χ1n) is 9.44. The molecular weight excluding hydrogens is 376 g/mol. The summed E-state index contributed by atoms with van der Waals surface area (Å²) in [6, 6.07) is 23.4. The summed E-state index contributed by atoms with van der Waals surface area (Å²) in [7, 11) is 0. The Labute approximate surface area is 174 Å². The average Bonchev–Trinajstić information content (AvgIpc) is 2.76. The van der Waals surface area contributed by atoms with Gasteiger partial charge in [-0.2, -0.15) is 0 Å². The van der Waals surface area contributed by atoms with E-state index < -0.39 is 0 Å². The molecule has 30 heavy (non-hydrogen) atoms. The normalized spacial score (nSPS) is 10.5. The number of nitrogen functional groups attached to an aromatic ring is 1. The number of carbonyl (C=O) groups is 1. The molecule has 1 aromatic heterocycles. The number of aromatic nitrogens is 2. The van der Waals surface area contributed by atoms with Crippen LogP contribution in [-0.4, -0.2) is 21.0 Å². The molecular formula is C24H20N4O2. The lowest BCUT2D eigenvalue weighted by Gasteiger charge is -2.12. The van der Waals surface area contributed by atoms with Crippen molar-refractivity contribution in [2.24, 2.45) is 0 Å². The maximum Gasteiger partial charge on any atom is 0.230 e. The fourth-order valence-corrected chi connectivity index (χ4v) is 3.05. The summed E-state index contributed by atoms with van der Waals surface area (Å²) in [6.45, 7) is 0. The SMILES string of the molecule is Nc1ccc(-c2cnc(NC(=O)Cc3ccccc3)c(-c3ccc(O)cc3)n2)cc1. The van der Waals surface area contributed by atoms with E-state index in [1.165, 1.54) is 0 Å². The van der Waals surface area contributed by atoms with E-state index >= 15 is 0 Å². The van der Waals surface area contributed by atoms with Crippen LogP contribution in [0.25, 0.3) is 22.5 Å². The van der Waals surface area contributed by atoms with Crippen molar-refractivity contribution in [1.82, 2.24) is 9.97 Å². The van der Waals surface area contributed by atoms with Gasteiger partial charge in [-0.3, -0.25) is 4.79 Å². The Bertz CT molecular complexity index is 1160. The fraction of sp³-hybridized carbons (Fsp3) is 0.0417. The summed E-state index contributed by atoms with van der Waals surface area (Å²) in [6.07, 6.45) is 1.85. The van der Waals surface area contributed by atoms with Crippen LogP contribution in [0.3, 0.4) is 0 Å². The van der Waals surface area contributed by atoms with Crippen LogP contribution in [-0.2, 0) is 11.2 Å². The lowest BCUT2D eigenvalue weighted by Crippen LogP contribution is -2.16. The van der Waals surface area contributed by atoms with Crippen LogP contribution in [0.5, 0.6) is 5.75 Å². The van der Waals surface area contributed by atoms with Crippen LogP contribution >= 0.6 is 0 Å². The third-order valence-electron chi connectivity index (χ3n) is 4.59. The Morgan fingerprint density at radius 2 is 1.57 bits per heavy atom. The van der Waals surface area contributed by atoms with Crippen LogP contribution in [0.2, 0.25) is 0 Å². The minimum absolute atomic E-state index is 0.149. The van der Waals surface area contributed by atoms with Crippen molar-refractivity contribution in [3.05, 3.63) is 90.6 Å². The molecule has 4 rings (SSSR count). The van der Waals surface area contributed by atoms with Gasteiger partial charge in [0.2, 0.25) is 5.91 Å². The number of hydrogen-bond acceptors (Lipinski definition) is 5. The number of rotatable bonds is 5. The number of phenolic OH excluding ortho intramolecular Hbond substituents is 1. The highest BCUT2D eigenvalue weighted by Gasteiger charge is 2.14. The number of carbonyl (C=O) groups excluding carboxylic acids is 1. The predicted octanol–water partition coefficient (Wildman–Crippen LogP) is 4.28. The summed E-state index contributed by atoms with van der Waals surface area (Å²) in [4.78, 5) is 21.8. The summed E-state index contributed by atoms with van der Waals surface area (Å²) in [5.41, 5.74) is 10.1. The molecule has 4 aromatic rings. The van der Waals surface area contributed by atoms with Crippen LogP contribution in [0, 0.1) is 0 Å². The molecule has 0 radical (unpaired) electrons. The lowest BCUT2D eigenvalue weighted by molar-refractivity contribution is -0.115. The van der Waals surface area contributed by atoms with Gasteiger partial charge < -0.3 is 16.2 Å². The van der Waals surface area contributed by atoms with E-state index in [0.717, 1.165) is 16.7 Å². The van der Waals surface area contributed by atoms with E-state index in [9.17, 15) is 9.90 Å². The van der Waals surface area contributed by atoms with Gasteiger partial charge in [-0.1, -0.05) is 42.5 Å².